The molecule has 0 aromatic heterocycles. The van der Waals surface area contributed by atoms with Crippen molar-refractivity contribution in [3.05, 3.63) is 42.4 Å². The van der Waals surface area contributed by atoms with E-state index in [2.05, 4.69) is 0 Å². The van der Waals surface area contributed by atoms with Gasteiger partial charge in [-0.1, -0.05) is 42.8 Å². The predicted octanol–water partition coefficient (Wildman–Crippen LogP) is 2.13. The third-order valence-corrected chi connectivity index (χ3v) is 0.644. The van der Waals surface area contributed by atoms with E-state index in [0.717, 1.165) is 0 Å². The smallest absolute Gasteiger partial charge is 0.0622 e. The summed E-state index contributed by atoms with van der Waals surface area (Å²) in [6.07, 6.45) is 0. The van der Waals surface area contributed by atoms with Gasteiger partial charge in [-0.15, -0.1) is 0 Å². The van der Waals surface area contributed by atoms with Gasteiger partial charge in [-0.2, -0.15) is 0 Å². The number of hydrogen-bond donors (Lipinski definition) is 0. The van der Waals surface area contributed by atoms with Crippen LogP contribution >= 0.6 is 0 Å². The zero-order chi connectivity index (χ0) is 11.0. The first-order valence-corrected chi connectivity index (χ1v) is 2.04. The molecule has 0 aliphatic carbocycles. The molecule has 0 bridgehead atoms. The molecule has 0 heterocycles. The first-order chi connectivity index (χ1) is 6.37. The second kappa shape index (κ2) is 2.31. The molecule has 1 aromatic rings. The van der Waals surface area contributed by atoms with Crippen molar-refractivity contribution in [1.82, 2.24) is 0 Å². The molecule has 8 heavy (non-hydrogen) atoms. The molecule has 0 unspecified atom stereocenters. The Bertz CT molecular complexity index is 380. The fourth-order valence-corrected chi connectivity index (χ4v) is 0.322. The monoisotopic (exact) mass is 115 g/mol. The first kappa shape index (κ1) is 1.47. The molecule has 0 saturated heterocycles. The van der Waals surface area contributed by atoms with E-state index in [1.807, 2.05) is 0 Å². The van der Waals surface area contributed by atoms with Crippen LogP contribution in [0.1, 0.15) is 13.8 Å². The maximum atomic E-state index is 7.37. The van der Waals surface area contributed by atoms with E-state index < -0.39 is 36.3 Å². The van der Waals surface area contributed by atoms with Crippen molar-refractivity contribution in [2.75, 3.05) is 0 Å². The minimum absolute atomic E-state index is 0.254. The lowest BCUT2D eigenvalue weighted by Crippen LogP contribution is -1.63. The van der Waals surface area contributed by atoms with E-state index in [1.165, 1.54) is 0 Å². The third-order valence-electron chi connectivity index (χ3n) is 0.644. The minimum Gasteiger partial charge on any atom is -0.0622 e. The van der Waals surface area contributed by atoms with Gasteiger partial charge in [-0.3, -0.25) is 0 Å². The summed E-state index contributed by atoms with van der Waals surface area (Å²) >= 11 is 0. The van der Waals surface area contributed by atoms with Gasteiger partial charge in [0.2, 0.25) is 0 Å². The Morgan fingerprint density at radius 2 is 2.12 bits per heavy atom. The second-order valence-electron chi connectivity index (χ2n) is 1.14. The van der Waals surface area contributed by atoms with Gasteiger partial charge >= 0.3 is 0 Å². The number of rotatable bonds is 1. The lowest BCUT2D eigenvalue weighted by Gasteiger charge is -1.85. The topological polar surface area (TPSA) is 0 Å². The molecule has 1 radical (unpaired) electrons. The van der Waals surface area contributed by atoms with E-state index in [4.69, 9.17) is 14.8 Å². The van der Waals surface area contributed by atoms with Crippen molar-refractivity contribution in [2.24, 2.45) is 0 Å². The molecular formula is C8H7. The average Bonchev–Trinajstić information content (AvgIpc) is 2.11. The maximum Gasteiger partial charge on any atom is 0.0629 e. The Hall–Kier alpha value is -1.04. The molecule has 0 amide bonds. The molecule has 0 heteroatoms. The van der Waals surface area contributed by atoms with Crippen LogP contribution in [0.5, 0.6) is 0 Å². The normalized spacial score (nSPS) is 19.0. The van der Waals surface area contributed by atoms with Crippen molar-refractivity contribution >= 4 is 6.05 Å². The molecule has 0 fully saturated rings. The second-order valence-corrected chi connectivity index (χ2v) is 1.14. The van der Waals surface area contributed by atoms with E-state index in [0.29, 0.717) is 0 Å². The molecule has 1 rings (SSSR count). The van der Waals surface area contributed by atoms with Gasteiger partial charge in [0, 0.05) is 0 Å². The summed E-state index contributed by atoms with van der Waals surface area (Å²) < 4.78 is 43.6. The molecular weight excluding hydrogens is 96.1 g/mol. The summed E-state index contributed by atoms with van der Waals surface area (Å²) in [5.41, 5.74) is -0.254. The minimum atomic E-state index is -0.526. The van der Waals surface area contributed by atoms with Crippen LogP contribution in [0.4, 0.5) is 0 Å². The fourth-order valence-electron chi connectivity index (χ4n) is 0.322. The van der Waals surface area contributed by atoms with E-state index in [1.54, 1.807) is 0 Å². The molecule has 0 N–H and O–H groups in total. The molecule has 0 spiro atoms. The Kier molecular flexibility index (Phi) is 0.426. The Morgan fingerprint density at radius 3 is 2.62 bits per heavy atom. The highest BCUT2D eigenvalue weighted by atomic mass is 13.8. The van der Waals surface area contributed by atoms with Crippen molar-refractivity contribution in [2.45, 2.75) is 0 Å². The molecule has 0 atom stereocenters. The Morgan fingerprint density at radius 1 is 1.50 bits per heavy atom. The maximum absolute atomic E-state index is 7.37. The summed E-state index contributed by atoms with van der Waals surface area (Å²) in [6.45, 7) is 5.12. The Labute approximate surface area is 57.9 Å². The van der Waals surface area contributed by atoms with Crippen molar-refractivity contribution in [1.29, 1.82) is 0 Å². The van der Waals surface area contributed by atoms with Gasteiger partial charge in [0.05, 0.1) is 8.22 Å². The third kappa shape index (κ3) is 0.969. The van der Waals surface area contributed by atoms with Crippen LogP contribution in [0, 0.1) is 6.58 Å². The van der Waals surface area contributed by atoms with Crippen LogP contribution in [0.25, 0.3) is 6.05 Å². The summed E-state index contributed by atoms with van der Waals surface area (Å²) in [6, 6.07) is -2.84. The highest BCUT2D eigenvalue weighted by Crippen LogP contribution is 1.97. The van der Waals surface area contributed by atoms with Crippen LogP contribution in [-0.4, -0.2) is 0 Å². The first-order valence-electron chi connectivity index (χ1n) is 5.04. The molecule has 0 aliphatic heterocycles. The summed E-state index contributed by atoms with van der Waals surface area (Å²) in [5.74, 6) is 0. The standard InChI is InChI=1S/C8H7/c1-2-8-6-4-3-5-7-8/h1-7H/i2T,3T,4T,5T,6T,7T. The molecule has 0 saturated carbocycles. The van der Waals surface area contributed by atoms with E-state index in [9.17, 15) is 0 Å². The Balaban J connectivity index is 3.68. The van der Waals surface area contributed by atoms with Gasteiger partial charge in [-0.25, -0.2) is 0 Å². The largest absolute Gasteiger partial charge is 0.0629 e. The van der Waals surface area contributed by atoms with Gasteiger partial charge < -0.3 is 0 Å². The molecule has 1 aromatic carbocycles. The van der Waals surface area contributed by atoms with Gasteiger partial charge in [-0.05, 0) is 5.56 Å². The molecule has 0 nitrogen and oxygen atoms in total. The fraction of sp³-hybridized carbons (Fsp3) is 0. The summed E-state index contributed by atoms with van der Waals surface area (Å²) in [7, 11) is 0. The molecule has 39 valence electrons. The SMILES string of the molecule is [3H]C(=[CH])c1c([3H])c([3H])c([3H])c([3H])c1[3H]. The lowest BCUT2D eigenvalue weighted by atomic mass is 10.2. The highest BCUT2D eigenvalue weighted by Gasteiger charge is 1.76. The van der Waals surface area contributed by atoms with Crippen molar-refractivity contribution in [3.63, 3.8) is 0 Å². The molecule has 0 aliphatic rings. The predicted molar refractivity (Wildman–Crippen MR) is 35.2 cm³/mol. The van der Waals surface area contributed by atoms with Gasteiger partial charge in [0.1, 0.15) is 0 Å². The van der Waals surface area contributed by atoms with E-state index >= 15 is 0 Å². The zero-order valence-electron chi connectivity index (χ0n) is 10.1. The average molecular weight is 115 g/mol. The number of benzene rings is 1. The van der Waals surface area contributed by atoms with Crippen LogP contribution in [0.2, 0.25) is 0 Å². The van der Waals surface area contributed by atoms with Crippen LogP contribution < -0.4 is 0 Å². The highest BCUT2D eigenvalue weighted by molar-refractivity contribution is 5.44. The van der Waals surface area contributed by atoms with Crippen LogP contribution in [0.3, 0.4) is 0 Å². The quantitative estimate of drug-likeness (QED) is 0.526. The number of hydrogen-bond acceptors (Lipinski definition) is 0. The summed E-state index contributed by atoms with van der Waals surface area (Å²) in [4.78, 5) is 0. The van der Waals surface area contributed by atoms with Crippen LogP contribution in [-0.2, 0) is 0 Å². The summed E-state index contributed by atoms with van der Waals surface area (Å²) in [5, 5.41) is 0. The lowest BCUT2D eigenvalue weighted by molar-refractivity contribution is 1.66. The zero-order valence-corrected chi connectivity index (χ0v) is 4.08. The van der Waals surface area contributed by atoms with Gasteiger partial charge in [0.15, 0.2) is 0 Å². The van der Waals surface area contributed by atoms with Crippen LogP contribution in [0.15, 0.2) is 30.2 Å². The van der Waals surface area contributed by atoms with E-state index in [-0.39, 0.29) is 5.56 Å². The van der Waals surface area contributed by atoms with Gasteiger partial charge in [0.25, 0.3) is 0 Å². The van der Waals surface area contributed by atoms with Crippen molar-refractivity contribution < 1.29 is 8.22 Å². The van der Waals surface area contributed by atoms with Crippen molar-refractivity contribution in [3.8, 4) is 0 Å².